The smallest absolute Gasteiger partial charge is 0.244 e. The highest BCUT2D eigenvalue weighted by Gasteiger charge is 2.31. The van der Waals surface area contributed by atoms with E-state index in [0.29, 0.717) is 30.8 Å². The van der Waals surface area contributed by atoms with Crippen molar-refractivity contribution in [1.29, 1.82) is 0 Å². The second-order valence-electron chi connectivity index (χ2n) is 9.98. The average Bonchev–Trinajstić information content (AvgIpc) is 3.30. The second-order valence-corrected chi connectivity index (χ2v) is 12.8. The van der Waals surface area contributed by atoms with Gasteiger partial charge in [-0.05, 0) is 68.1 Å². The highest BCUT2D eigenvalue weighted by molar-refractivity contribution is 9.10. The van der Waals surface area contributed by atoms with Crippen LogP contribution in [0.15, 0.2) is 64.1 Å². The fourth-order valence-corrected chi connectivity index (χ4v) is 6.85. The lowest BCUT2D eigenvalue weighted by Gasteiger charge is -2.28. The minimum absolute atomic E-state index is 0.0961. The van der Waals surface area contributed by atoms with E-state index in [9.17, 15) is 13.2 Å². The quantitative estimate of drug-likeness (QED) is 0.233. The average molecular weight is 619 g/mol. The van der Waals surface area contributed by atoms with Crippen LogP contribution in [0.25, 0.3) is 0 Å². The molecule has 0 aliphatic rings. The van der Waals surface area contributed by atoms with Crippen LogP contribution in [0.1, 0.15) is 47.7 Å². The van der Waals surface area contributed by atoms with E-state index in [4.69, 9.17) is 4.74 Å². The number of nitrogens with zero attached hydrogens (tertiary/aromatic N) is 3. The summed E-state index contributed by atoms with van der Waals surface area (Å²) < 4.78 is 37.4. The van der Waals surface area contributed by atoms with Crippen LogP contribution >= 0.6 is 15.9 Å². The molecule has 3 aromatic rings. The van der Waals surface area contributed by atoms with Crippen LogP contribution in [0, 0.1) is 20.8 Å². The molecule has 0 N–H and O–H groups in total. The van der Waals surface area contributed by atoms with Crippen LogP contribution in [0.4, 0.5) is 0 Å². The van der Waals surface area contributed by atoms with E-state index in [1.807, 2.05) is 49.5 Å². The summed E-state index contributed by atoms with van der Waals surface area (Å²) in [4.78, 5) is 15.8. The summed E-state index contributed by atoms with van der Waals surface area (Å²) >= 11 is 3.48. The van der Waals surface area contributed by atoms with E-state index in [1.165, 1.54) is 11.4 Å². The van der Waals surface area contributed by atoms with Gasteiger partial charge in [-0.25, -0.2) is 8.42 Å². The first-order valence-corrected chi connectivity index (χ1v) is 15.5. The molecule has 0 aliphatic carbocycles. The molecular weight excluding hydrogens is 578 g/mol. The van der Waals surface area contributed by atoms with Gasteiger partial charge in [0.2, 0.25) is 15.9 Å². The predicted octanol–water partition coefficient (Wildman–Crippen LogP) is 5.69. The van der Waals surface area contributed by atoms with Gasteiger partial charge in [0.25, 0.3) is 0 Å². The number of carbonyl (C=O) groups excluding carboxylic acids is 1. The maximum atomic E-state index is 13.9. The van der Waals surface area contributed by atoms with Crippen molar-refractivity contribution in [2.75, 3.05) is 33.4 Å². The number of benzene rings is 2. The fourth-order valence-electron chi connectivity index (χ4n) is 4.80. The maximum absolute atomic E-state index is 13.9. The van der Waals surface area contributed by atoms with Gasteiger partial charge in [0.1, 0.15) is 0 Å². The minimum Gasteiger partial charge on any atom is -0.383 e. The molecular formula is C30H40BrN3O4S. The Morgan fingerprint density at radius 1 is 1.03 bits per heavy atom. The molecule has 2 aromatic carbocycles. The number of ether oxygens (including phenoxy) is 1. The first-order valence-electron chi connectivity index (χ1n) is 13.3. The number of hydrogen-bond acceptors (Lipinski definition) is 4. The Kier molecular flexibility index (Phi) is 11.4. The first kappa shape index (κ1) is 31.1. The Hall–Kier alpha value is -2.46. The first-order chi connectivity index (χ1) is 18.6. The van der Waals surface area contributed by atoms with Crippen molar-refractivity contribution in [2.24, 2.45) is 0 Å². The third-order valence-corrected chi connectivity index (χ3v) is 9.42. The molecule has 0 saturated heterocycles. The Bertz CT molecular complexity index is 1330. The van der Waals surface area contributed by atoms with Crippen molar-refractivity contribution in [2.45, 2.75) is 58.5 Å². The fraction of sp³-hybridized carbons (Fsp3) is 0.433. The van der Waals surface area contributed by atoms with Crippen LogP contribution in [-0.4, -0.2) is 61.4 Å². The van der Waals surface area contributed by atoms with E-state index in [1.54, 1.807) is 18.7 Å². The van der Waals surface area contributed by atoms with E-state index in [-0.39, 0.29) is 30.5 Å². The number of aromatic nitrogens is 1. The van der Waals surface area contributed by atoms with E-state index < -0.39 is 10.0 Å². The van der Waals surface area contributed by atoms with Gasteiger partial charge in [-0.2, -0.15) is 4.31 Å². The Morgan fingerprint density at radius 3 is 2.31 bits per heavy atom. The number of unbranched alkanes of at least 4 members (excludes halogenated alkanes) is 1. The Labute approximate surface area is 241 Å². The van der Waals surface area contributed by atoms with Crippen molar-refractivity contribution in [3.63, 3.8) is 0 Å². The van der Waals surface area contributed by atoms with Crippen LogP contribution in [0.3, 0.4) is 0 Å². The number of halogens is 1. The predicted molar refractivity (Wildman–Crippen MR) is 159 cm³/mol. The normalized spacial score (nSPS) is 11.8. The molecule has 0 atom stereocenters. The molecule has 1 heterocycles. The zero-order valence-electron chi connectivity index (χ0n) is 23.6. The van der Waals surface area contributed by atoms with Crippen molar-refractivity contribution in [1.82, 2.24) is 13.8 Å². The number of sulfonamides is 1. The van der Waals surface area contributed by atoms with Crippen molar-refractivity contribution in [3.05, 3.63) is 87.1 Å². The topological polar surface area (TPSA) is 71.9 Å². The summed E-state index contributed by atoms with van der Waals surface area (Å²) in [6.45, 7) is 9.33. The highest BCUT2D eigenvalue weighted by Crippen LogP contribution is 2.25. The zero-order chi connectivity index (χ0) is 28.6. The van der Waals surface area contributed by atoms with Gasteiger partial charge in [0, 0.05) is 43.1 Å². The van der Waals surface area contributed by atoms with Gasteiger partial charge in [-0.15, -0.1) is 0 Å². The van der Waals surface area contributed by atoms with Crippen LogP contribution in [0.5, 0.6) is 0 Å². The summed E-state index contributed by atoms with van der Waals surface area (Å²) in [5.74, 6) is -0.220. The third kappa shape index (κ3) is 8.27. The van der Waals surface area contributed by atoms with Crippen molar-refractivity contribution in [3.8, 4) is 0 Å². The van der Waals surface area contributed by atoms with E-state index in [0.717, 1.165) is 34.1 Å². The lowest BCUT2D eigenvalue weighted by Crippen LogP contribution is -2.44. The molecule has 0 saturated carbocycles. The molecule has 0 aliphatic heterocycles. The molecule has 3 rings (SSSR count). The highest BCUT2D eigenvalue weighted by atomic mass is 79.9. The minimum atomic E-state index is -3.92. The van der Waals surface area contributed by atoms with Crippen molar-refractivity contribution >= 4 is 31.9 Å². The SMILES string of the molecule is CCCCN(Cc1cccn1Cc1ccc(Br)cc1)C(=O)CN(CCOC)S(=O)(=O)c1c(C)cc(C)cc1C. The molecule has 1 amide bonds. The molecule has 0 fully saturated rings. The summed E-state index contributed by atoms with van der Waals surface area (Å²) in [7, 11) is -2.39. The molecule has 0 spiro atoms. The van der Waals surface area contributed by atoms with Gasteiger partial charge in [0.15, 0.2) is 0 Å². The van der Waals surface area contributed by atoms with Gasteiger partial charge in [-0.3, -0.25) is 4.79 Å². The van der Waals surface area contributed by atoms with Crippen molar-refractivity contribution < 1.29 is 17.9 Å². The third-order valence-electron chi connectivity index (χ3n) is 6.74. The van der Waals surface area contributed by atoms with E-state index >= 15 is 0 Å². The molecule has 0 unspecified atom stereocenters. The second kappa shape index (κ2) is 14.3. The van der Waals surface area contributed by atoms with E-state index in [2.05, 4.69) is 39.6 Å². The van der Waals surface area contributed by atoms with Crippen LogP contribution in [-0.2, 0) is 32.6 Å². The van der Waals surface area contributed by atoms with Gasteiger partial charge in [0.05, 0.1) is 24.6 Å². The maximum Gasteiger partial charge on any atom is 0.244 e. The molecule has 212 valence electrons. The van der Waals surface area contributed by atoms with Gasteiger partial charge < -0.3 is 14.2 Å². The number of amides is 1. The Morgan fingerprint density at radius 2 is 1.69 bits per heavy atom. The molecule has 0 radical (unpaired) electrons. The molecule has 0 bridgehead atoms. The number of carbonyl (C=O) groups is 1. The number of methoxy groups -OCH3 is 1. The largest absolute Gasteiger partial charge is 0.383 e. The standard InChI is InChI=1S/C30H40BrN3O4S/c1-6-7-14-33(21-28-9-8-15-32(28)20-26-10-12-27(31)13-11-26)29(35)22-34(16-17-38-5)39(36,37)30-24(3)18-23(2)19-25(30)4/h8-13,15,18-19H,6-7,14,16-17,20-22H2,1-5H3. The number of hydrogen-bond donors (Lipinski definition) is 0. The molecule has 39 heavy (non-hydrogen) atoms. The lowest BCUT2D eigenvalue weighted by atomic mass is 10.1. The van der Waals surface area contributed by atoms with Crippen LogP contribution in [0.2, 0.25) is 0 Å². The summed E-state index contributed by atoms with van der Waals surface area (Å²) in [6.07, 6.45) is 3.77. The zero-order valence-corrected chi connectivity index (χ0v) is 26.0. The lowest BCUT2D eigenvalue weighted by molar-refractivity contribution is -0.132. The Balaban J connectivity index is 1.86. The molecule has 1 aromatic heterocycles. The van der Waals surface area contributed by atoms with Crippen LogP contribution < -0.4 is 0 Å². The van der Waals surface area contributed by atoms with Gasteiger partial charge >= 0.3 is 0 Å². The number of aryl methyl sites for hydroxylation is 3. The number of rotatable bonds is 14. The summed E-state index contributed by atoms with van der Waals surface area (Å²) in [5.41, 5.74) is 4.51. The molecule has 7 nitrogen and oxygen atoms in total. The summed E-state index contributed by atoms with van der Waals surface area (Å²) in [5, 5.41) is 0. The summed E-state index contributed by atoms with van der Waals surface area (Å²) in [6, 6.07) is 15.9. The monoisotopic (exact) mass is 617 g/mol. The van der Waals surface area contributed by atoms with Gasteiger partial charge in [-0.1, -0.05) is 59.1 Å². The molecule has 9 heteroatoms.